The molecular formula is C26H24FN3O6. The van der Waals surface area contributed by atoms with E-state index in [2.05, 4.69) is 15.6 Å². The minimum Gasteiger partial charge on any atom is -0.496 e. The molecule has 3 aromatic carbocycles. The second-order valence-electron chi connectivity index (χ2n) is 7.62. The highest BCUT2D eigenvalue weighted by Gasteiger charge is 2.20. The Balaban J connectivity index is 1.62. The molecular weight excluding hydrogens is 469 g/mol. The van der Waals surface area contributed by atoms with Crippen molar-refractivity contribution in [3.05, 3.63) is 71.7 Å². The number of amides is 2. The number of hydrogen-bond donors (Lipinski definition) is 3. The molecule has 36 heavy (non-hydrogen) atoms. The third-order valence-electron chi connectivity index (χ3n) is 5.48. The summed E-state index contributed by atoms with van der Waals surface area (Å²) in [5.41, 5.74) is 1.62. The van der Waals surface area contributed by atoms with Gasteiger partial charge in [-0.25, -0.2) is 4.39 Å². The number of H-pyrrole nitrogens is 1. The lowest BCUT2D eigenvalue weighted by Gasteiger charge is -2.13. The number of nitrogens with one attached hydrogen (secondary N) is 3. The van der Waals surface area contributed by atoms with Crippen molar-refractivity contribution in [3.8, 4) is 23.0 Å². The summed E-state index contributed by atoms with van der Waals surface area (Å²) in [5, 5.41) is 6.11. The number of rotatable bonds is 8. The van der Waals surface area contributed by atoms with E-state index in [1.165, 1.54) is 46.6 Å². The summed E-state index contributed by atoms with van der Waals surface area (Å²) in [7, 11) is 5.98. The monoisotopic (exact) mass is 493 g/mol. The van der Waals surface area contributed by atoms with Gasteiger partial charge in [0.2, 0.25) is 0 Å². The summed E-state index contributed by atoms with van der Waals surface area (Å²) in [6, 6.07) is 13.4. The normalized spacial score (nSPS) is 10.6. The number of anilines is 2. The van der Waals surface area contributed by atoms with Gasteiger partial charge in [0.25, 0.3) is 11.8 Å². The number of fused-ring (bicyclic) bond motifs is 1. The van der Waals surface area contributed by atoms with Crippen LogP contribution in [0.1, 0.15) is 20.8 Å². The van der Waals surface area contributed by atoms with Crippen LogP contribution in [0, 0.1) is 5.82 Å². The molecule has 0 atom stereocenters. The molecule has 0 spiro atoms. The Kier molecular flexibility index (Phi) is 6.95. The fourth-order valence-corrected chi connectivity index (χ4v) is 3.77. The highest BCUT2D eigenvalue weighted by atomic mass is 19.1. The molecule has 0 saturated carbocycles. The molecule has 0 aliphatic rings. The first-order valence-electron chi connectivity index (χ1n) is 10.8. The quantitative estimate of drug-likeness (QED) is 0.324. The third kappa shape index (κ3) is 4.74. The molecule has 0 aliphatic heterocycles. The number of carbonyl (C=O) groups is 2. The zero-order chi connectivity index (χ0) is 25.8. The van der Waals surface area contributed by atoms with Crippen LogP contribution in [0.4, 0.5) is 15.8 Å². The highest BCUT2D eigenvalue weighted by Crippen LogP contribution is 2.41. The van der Waals surface area contributed by atoms with Gasteiger partial charge < -0.3 is 34.6 Å². The Hall–Kier alpha value is -4.73. The van der Waals surface area contributed by atoms with E-state index in [9.17, 15) is 14.0 Å². The van der Waals surface area contributed by atoms with Gasteiger partial charge in [-0.15, -0.1) is 0 Å². The fourth-order valence-electron chi connectivity index (χ4n) is 3.77. The molecule has 4 rings (SSSR count). The Morgan fingerprint density at radius 3 is 2.19 bits per heavy atom. The molecule has 2 amide bonds. The zero-order valence-corrected chi connectivity index (χ0v) is 20.0. The Morgan fingerprint density at radius 1 is 0.778 bits per heavy atom. The second kappa shape index (κ2) is 10.3. The van der Waals surface area contributed by atoms with E-state index in [0.29, 0.717) is 45.3 Å². The predicted octanol–water partition coefficient (Wildman–Crippen LogP) is 4.85. The number of aromatic nitrogens is 1. The maximum Gasteiger partial charge on any atom is 0.272 e. The van der Waals surface area contributed by atoms with Crippen molar-refractivity contribution in [2.45, 2.75) is 0 Å². The molecule has 9 nitrogen and oxygen atoms in total. The standard InChI is InChI=1S/C26H24FN3O6/c1-33-20-9-8-16(11-18(20)30-25(31)14-6-5-7-15(27)10-14)28-26(32)19-12-17-21(34-2)13-22(35-3)24(36-4)23(17)29-19/h5-13,29H,1-4H3,(H,28,32)(H,30,31). The minimum absolute atomic E-state index is 0.142. The summed E-state index contributed by atoms with van der Waals surface area (Å²) < 4.78 is 35.1. The van der Waals surface area contributed by atoms with E-state index in [1.807, 2.05) is 0 Å². The molecule has 3 N–H and O–H groups in total. The van der Waals surface area contributed by atoms with Crippen LogP contribution >= 0.6 is 0 Å². The lowest BCUT2D eigenvalue weighted by atomic mass is 10.2. The Labute approximate surface area is 206 Å². The van der Waals surface area contributed by atoms with Gasteiger partial charge in [0, 0.05) is 22.7 Å². The van der Waals surface area contributed by atoms with Gasteiger partial charge in [0.05, 0.1) is 39.6 Å². The van der Waals surface area contributed by atoms with Crippen LogP contribution in [0.3, 0.4) is 0 Å². The first kappa shape index (κ1) is 24.4. The van der Waals surface area contributed by atoms with Crippen molar-refractivity contribution in [2.24, 2.45) is 0 Å². The molecule has 1 aromatic heterocycles. The molecule has 0 bridgehead atoms. The predicted molar refractivity (Wildman–Crippen MR) is 133 cm³/mol. The average molecular weight is 493 g/mol. The summed E-state index contributed by atoms with van der Waals surface area (Å²) in [4.78, 5) is 28.7. The SMILES string of the molecule is COc1ccc(NC(=O)c2cc3c(OC)cc(OC)c(OC)c3[nH]2)cc1NC(=O)c1cccc(F)c1. The summed E-state index contributed by atoms with van der Waals surface area (Å²) >= 11 is 0. The lowest BCUT2D eigenvalue weighted by molar-refractivity contribution is 0.101. The number of halogens is 1. The first-order chi connectivity index (χ1) is 17.4. The summed E-state index contributed by atoms with van der Waals surface area (Å²) in [6.45, 7) is 0. The number of methoxy groups -OCH3 is 4. The third-order valence-corrected chi connectivity index (χ3v) is 5.48. The first-order valence-corrected chi connectivity index (χ1v) is 10.8. The van der Waals surface area contributed by atoms with Crippen molar-refractivity contribution >= 4 is 34.1 Å². The zero-order valence-electron chi connectivity index (χ0n) is 20.0. The van der Waals surface area contributed by atoms with E-state index in [0.717, 1.165) is 6.07 Å². The van der Waals surface area contributed by atoms with Crippen LogP contribution in [0.15, 0.2) is 54.6 Å². The summed E-state index contributed by atoms with van der Waals surface area (Å²) in [6.07, 6.45) is 0. The maximum absolute atomic E-state index is 13.5. The van der Waals surface area contributed by atoms with E-state index in [4.69, 9.17) is 18.9 Å². The van der Waals surface area contributed by atoms with E-state index < -0.39 is 17.6 Å². The maximum atomic E-state index is 13.5. The van der Waals surface area contributed by atoms with Crippen molar-refractivity contribution in [1.29, 1.82) is 0 Å². The molecule has 186 valence electrons. The van der Waals surface area contributed by atoms with E-state index in [1.54, 1.807) is 30.3 Å². The molecule has 0 saturated heterocycles. The molecule has 10 heteroatoms. The van der Waals surface area contributed by atoms with Crippen molar-refractivity contribution in [2.75, 3.05) is 39.1 Å². The van der Waals surface area contributed by atoms with Gasteiger partial charge in [-0.3, -0.25) is 9.59 Å². The van der Waals surface area contributed by atoms with Crippen LogP contribution in [0.2, 0.25) is 0 Å². The molecule has 1 heterocycles. The van der Waals surface area contributed by atoms with Crippen molar-refractivity contribution < 1.29 is 32.9 Å². The van der Waals surface area contributed by atoms with E-state index >= 15 is 0 Å². The molecule has 0 unspecified atom stereocenters. The molecule has 0 radical (unpaired) electrons. The van der Waals surface area contributed by atoms with Crippen LogP contribution < -0.4 is 29.6 Å². The smallest absolute Gasteiger partial charge is 0.272 e. The Morgan fingerprint density at radius 2 is 1.53 bits per heavy atom. The van der Waals surface area contributed by atoms with Crippen LogP contribution in [-0.4, -0.2) is 45.2 Å². The number of carbonyl (C=O) groups excluding carboxylic acids is 2. The van der Waals surface area contributed by atoms with Crippen molar-refractivity contribution in [3.63, 3.8) is 0 Å². The average Bonchev–Trinajstić information content (AvgIpc) is 3.33. The number of ether oxygens (including phenoxy) is 4. The number of benzene rings is 3. The van der Waals surface area contributed by atoms with Gasteiger partial charge in [0.15, 0.2) is 11.5 Å². The fraction of sp³-hybridized carbons (Fsp3) is 0.154. The summed E-state index contributed by atoms with van der Waals surface area (Å²) in [5.74, 6) is 0.250. The number of hydrogen-bond acceptors (Lipinski definition) is 6. The topological polar surface area (TPSA) is 111 Å². The molecule has 0 fully saturated rings. The van der Waals surface area contributed by atoms with Gasteiger partial charge in [-0.2, -0.15) is 0 Å². The van der Waals surface area contributed by atoms with Crippen LogP contribution in [-0.2, 0) is 0 Å². The van der Waals surface area contributed by atoms with Gasteiger partial charge in [0.1, 0.15) is 23.0 Å². The second-order valence-corrected chi connectivity index (χ2v) is 7.62. The highest BCUT2D eigenvalue weighted by molar-refractivity contribution is 6.09. The molecule has 0 aliphatic carbocycles. The van der Waals surface area contributed by atoms with Crippen LogP contribution in [0.5, 0.6) is 23.0 Å². The van der Waals surface area contributed by atoms with Crippen LogP contribution in [0.25, 0.3) is 10.9 Å². The van der Waals surface area contributed by atoms with Gasteiger partial charge >= 0.3 is 0 Å². The van der Waals surface area contributed by atoms with E-state index in [-0.39, 0.29) is 11.3 Å². The van der Waals surface area contributed by atoms with Gasteiger partial charge in [-0.1, -0.05) is 6.07 Å². The van der Waals surface area contributed by atoms with Crippen molar-refractivity contribution in [1.82, 2.24) is 4.98 Å². The number of aromatic amines is 1. The Bertz CT molecular complexity index is 1450. The molecule has 4 aromatic rings. The minimum atomic E-state index is -0.528. The largest absolute Gasteiger partial charge is 0.496 e. The van der Waals surface area contributed by atoms with Gasteiger partial charge in [-0.05, 0) is 42.5 Å². The lowest BCUT2D eigenvalue weighted by Crippen LogP contribution is -2.15.